The Morgan fingerprint density at radius 1 is 1.19 bits per heavy atom. The topological polar surface area (TPSA) is 62.3 Å². The van der Waals surface area contributed by atoms with Crippen LogP contribution in [0.5, 0.6) is 0 Å². The summed E-state index contributed by atoms with van der Waals surface area (Å²) < 4.78 is 13.7. The van der Waals surface area contributed by atoms with Crippen LogP contribution in [-0.2, 0) is 28.9 Å². The van der Waals surface area contributed by atoms with Crippen LogP contribution in [0.3, 0.4) is 0 Å². The van der Waals surface area contributed by atoms with Crippen LogP contribution in [0.4, 0.5) is 5.69 Å². The van der Waals surface area contributed by atoms with E-state index >= 15 is 0 Å². The number of nitrogens with zero attached hydrogens (tertiary/aromatic N) is 2. The Morgan fingerprint density at radius 3 is 2.71 bits per heavy atom. The first kappa shape index (κ1) is 12.9. The molecule has 2 aromatic rings. The maximum absolute atomic E-state index is 5.81. The highest BCUT2D eigenvalue weighted by atomic mass is 16.7. The van der Waals surface area contributed by atoms with Gasteiger partial charge in [0.2, 0.25) is 0 Å². The first-order valence-corrected chi connectivity index (χ1v) is 7.40. The molecule has 1 fully saturated rings. The second-order valence-corrected chi connectivity index (χ2v) is 5.80. The van der Waals surface area contributed by atoms with Crippen molar-refractivity contribution in [2.75, 3.05) is 18.9 Å². The zero-order valence-electron chi connectivity index (χ0n) is 11.9. The van der Waals surface area contributed by atoms with E-state index in [9.17, 15) is 0 Å². The van der Waals surface area contributed by atoms with Gasteiger partial charge in [-0.25, -0.2) is 0 Å². The average molecular weight is 285 g/mol. The molecule has 5 heteroatoms. The Morgan fingerprint density at radius 2 is 1.95 bits per heavy atom. The summed E-state index contributed by atoms with van der Waals surface area (Å²) in [6, 6.07) is 7.97. The van der Waals surface area contributed by atoms with Gasteiger partial charge in [0.15, 0.2) is 5.79 Å². The van der Waals surface area contributed by atoms with Crippen LogP contribution in [0.25, 0.3) is 0 Å². The average Bonchev–Trinajstić information content (AvgIpc) is 3.10. The van der Waals surface area contributed by atoms with Crippen LogP contribution in [0, 0.1) is 0 Å². The van der Waals surface area contributed by atoms with Crippen molar-refractivity contribution in [2.45, 2.75) is 31.6 Å². The molecular formula is C16H19N3O2. The largest absolute Gasteiger partial charge is 0.399 e. The number of rotatable bonds is 2. The maximum Gasteiger partial charge on any atom is 0.172 e. The van der Waals surface area contributed by atoms with Gasteiger partial charge >= 0.3 is 0 Å². The van der Waals surface area contributed by atoms with Gasteiger partial charge in [-0.15, -0.1) is 0 Å². The summed E-state index contributed by atoms with van der Waals surface area (Å²) in [4.78, 5) is 0. The van der Waals surface area contributed by atoms with E-state index < -0.39 is 0 Å². The molecule has 0 amide bonds. The number of ether oxygens (including phenoxy) is 2. The molecule has 2 aliphatic rings. The van der Waals surface area contributed by atoms with Gasteiger partial charge in [0.05, 0.1) is 26.0 Å². The summed E-state index contributed by atoms with van der Waals surface area (Å²) in [6.45, 7) is 2.19. The molecule has 1 spiro atoms. The number of fused-ring (bicyclic) bond motifs is 1. The molecule has 1 aliphatic heterocycles. The van der Waals surface area contributed by atoms with E-state index in [1.165, 1.54) is 16.8 Å². The van der Waals surface area contributed by atoms with Gasteiger partial charge in [-0.1, -0.05) is 12.1 Å². The highest BCUT2D eigenvalue weighted by Crippen LogP contribution is 2.35. The first-order chi connectivity index (χ1) is 10.2. The lowest BCUT2D eigenvalue weighted by molar-refractivity contribution is -0.164. The molecule has 2 N–H and O–H groups in total. The molecule has 0 radical (unpaired) electrons. The van der Waals surface area contributed by atoms with Crippen molar-refractivity contribution >= 4 is 5.69 Å². The molecule has 0 atom stereocenters. The Kier molecular flexibility index (Phi) is 2.97. The summed E-state index contributed by atoms with van der Waals surface area (Å²) >= 11 is 0. The molecule has 1 saturated heterocycles. The molecule has 110 valence electrons. The highest BCUT2D eigenvalue weighted by Gasteiger charge is 2.41. The van der Waals surface area contributed by atoms with Crippen molar-refractivity contribution in [2.24, 2.45) is 0 Å². The monoisotopic (exact) mass is 285 g/mol. The quantitative estimate of drug-likeness (QED) is 0.854. The molecule has 21 heavy (non-hydrogen) atoms. The van der Waals surface area contributed by atoms with Crippen molar-refractivity contribution in [1.82, 2.24) is 9.78 Å². The molecule has 5 nitrogen and oxygen atoms in total. The minimum absolute atomic E-state index is 0.387. The van der Waals surface area contributed by atoms with E-state index in [2.05, 4.69) is 21.9 Å². The van der Waals surface area contributed by atoms with Crippen LogP contribution in [0.1, 0.15) is 23.2 Å². The van der Waals surface area contributed by atoms with Gasteiger partial charge in [-0.3, -0.25) is 4.68 Å². The van der Waals surface area contributed by atoms with Crippen LogP contribution in [-0.4, -0.2) is 28.8 Å². The second-order valence-electron chi connectivity index (χ2n) is 5.80. The molecule has 1 aliphatic carbocycles. The highest BCUT2D eigenvalue weighted by molar-refractivity contribution is 5.39. The van der Waals surface area contributed by atoms with Crippen molar-refractivity contribution in [1.29, 1.82) is 0 Å². The molecule has 0 unspecified atom stereocenters. The number of nitrogens with two attached hydrogens (primary N) is 1. The predicted molar refractivity (Wildman–Crippen MR) is 78.8 cm³/mol. The standard InChI is InChI=1S/C16H19N3O2/c17-14-3-1-12(2-4-14)11-19-15-5-6-16(20-7-8-21-16)9-13(15)10-18-19/h1-4,10H,5-9,11,17H2. The summed E-state index contributed by atoms with van der Waals surface area (Å²) in [5.74, 6) is -0.387. The van der Waals surface area contributed by atoms with E-state index in [0.717, 1.165) is 31.5 Å². The molecule has 4 rings (SSSR count). The number of aromatic nitrogens is 2. The van der Waals surface area contributed by atoms with E-state index in [-0.39, 0.29) is 5.79 Å². The zero-order valence-corrected chi connectivity index (χ0v) is 11.9. The van der Waals surface area contributed by atoms with E-state index in [0.29, 0.717) is 13.2 Å². The molecular weight excluding hydrogens is 266 g/mol. The summed E-state index contributed by atoms with van der Waals surface area (Å²) in [5.41, 5.74) is 10.3. The van der Waals surface area contributed by atoms with Crippen LogP contribution in [0.15, 0.2) is 30.5 Å². The lowest BCUT2D eigenvalue weighted by Gasteiger charge is -2.31. The Bertz CT molecular complexity index is 642. The second kappa shape index (κ2) is 4.86. The molecule has 1 aromatic heterocycles. The van der Waals surface area contributed by atoms with Crippen molar-refractivity contribution in [3.05, 3.63) is 47.3 Å². The third-order valence-corrected chi connectivity index (χ3v) is 4.36. The Balaban J connectivity index is 1.56. The van der Waals surface area contributed by atoms with Gasteiger partial charge in [-0.2, -0.15) is 5.10 Å². The number of hydrogen-bond acceptors (Lipinski definition) is 4. The number of nitrogen functional groups attached to an aromatic ring is 1. The summed E-state index contributed by atoms with van der Waals surface area (Å²) in [7, 11) is 0. The normalized spacial score (nSPS) is 19.8. The lowest BCUT2D eigenvalue weighted by Crippen LogP contribution is -2.37. The lowest BCUT2D eigenvalue weighted by atomic mass is 9.92. The van der Waals surface area contributed by atoms with E-state index in [4.69, 9.17) is 15.2 Å². The molecule has 0 bridgehead atoms. The molecule has 2 heterocycles. The van der Waals surface area contributed by atoms with Gasteiger partial charge < -0.3 is 15.2 Å². The number of benzene rings is 1. The fourth-order valence-electron chi connectivity index (χ4n) is 3.25. The Labute approximate surface area is 123 Å². The minimum atomic E-state index is -0.387. The third-order valence-electron chi connectivity index (χ3n) is 4.36. The SMILES string of the molecule is Nc1ccc(Cn2ncc3c2CCC2(C3)OCCO2)cc1. The predicted octanol–water partition coefficient (Wildman–Crippen LogP) is 1.75. The fraction of sp³-hybridized carbons (Fsp3) is 0.438. The zero-order chi connectivity index (χ0) is 14.3. The van der Waals surface area contributed by atoms with Gasteiger partial charge in [-0.05, 0) is 29.7 Å². The van der Waals surface area contributed by atoms with Gasteiger partial charge in [0, 0.05) is 24.2 Å². The first-order valence-electron chi connectivity index (χ1n) is 7.40. The van der Waals surface area contributed by atoms with Crippen molar-refractivity contribution in [3.8, 4) is 0 Å². The number of anilines is 1. The minimum Gasteiger partial charge on any atom is -0.399 e. The fourth-order valence-corrected chi connectivity index (χ4v) is 3.25. The molecule has 1 aromatic carbocycles. The van der Waals surface area contributed by atoms with E-state index in [1.807, 2.05) is 18.3 Å². The van der Waals surface area contributed by atoms with Crippen LogP contribution < -0.4 is 5.73 Å². The van der Waals surface area contributed by atoms with E-state index in [1.54, 1.807) is 0 Å². The molecule has 0 saturated carbocycles. The van der Waals surface area contributed by atoms with Crippen molar-refractivity contribution < 1.29 is 9.47 Å². The maximum atomic E-state index is 5.81. The summed E-state index contributed by atoms with van der Waals surface area (Å²) in [5, 5.41) is 4.54. The summed E-state index contributed by atoms with van der Waals surface area (Å²) in [6.07, 6.45) is 4.63. The smallest absolute Gasteiger partial charge is 0.172 e. The third kappa shape index (κ3) is 2.32. The van der Waals surface area contributed by atoms with Gasteiger partial charge in [0.1, 0.15) is 0 Å². The van der Waals surface area contributed by atoms with Gasteiger partial charge in [0.25, 0.3) is 0 Å². The Hall–Kier alpha value is -1.85. The number of hydrogen-bond donors (Lipinski definition) is 1. The van der Waals surface area contributed by atoms with Crippen LogP contribution >= 0.6 is 0 Å². The van der Waals surface area contributed by atoms with Crippen molar-refractivity contribution in [3.63, 3.8) is 0 Å². The van der Waals surface area contributed by atoms with Crippen LogP contribution in [0.2, 0.25) is 0 Å².